The molecule has 0 spiro atoms. The molecule has 0 bridgehead atoms. The van der Waals surface area contributed by atoms with E-state index in [0.29, 0.717) is 25.3 Å². The van der Waals surface area contributed by atoms with E-state index in [2.05, 4.69) is 5.32 Å². The maximum absolute atomic E-state index is 12.1. The van der Waals surface area contributed by atoms with Crippen LogP contribution >= 0.6 is 0 Å². The zero-order chi connectivity index (χ0) is 14.4. The molecule has 5 nitrogen and oxygen atoms in total. The van der Waals surface area contributed by atoms with Crippen molar-refractivity contribution in [1.82, 2.24) is 0 Å². The molecule has 1 aromatic carbocycles. The molecule has 1 aliphatic rings. The lowest BCUT2D eigenvalue weighted by Crippen LogP contribution is -2.42. The molecule has 3 N–H and O–H groups in total. The number of rotatable bonds is 7. The Morgan fingerprint density at radius 2 is 2.25 bits per heavy atom. The summed E-state index contributed by atoms with van der Waals surface area (Å²) in [5.74, 6) is 0.681. The maximum atomic E-state index is 12.1. The Bertz CT molecular complexity index is 453. The highest BCUT2D eigenvalue weighted by Crippen LogP contribution is 2.38. The third-order valence-electron chi connectivity index (χ3n) is 3.68. The van der Waals surface area contributed by atoms with Gasteiger partial charge in [-0.05, 0) is 31.4 Å². The smallest absolute Gasteiger partial charge is 0.227 e. The molecular weight excluding hydrogens is 256 g/mol. The van der Waals surface area contributed by atoms with Crippen molar-refractivity contribution in [2.45, 2.75) is 31.3 Å². The largest absolute Gasteiger partial charge is 0.492 e. The number of methoxy groups -OCH3 is 1. The zero-order valence-electron chi connectivity index (χ0n) is 11.9. The number of nitrogens with two attached hydrogens (primary N) is 1. The molecule has 1 fully saturated rings. The highest BCUT2D eigenvalue weighted by Gasteiger charge is 2.38. The topological polar surface area (TPSA) is 73.6 Å². The summed E-state index contributed by atoms with van der Waals surface area (Å²) >= 11 is 0. The van der Waals surface area contributed by atoms with Crippen LogP contribution in [0.25, 0.3) is 0 Å². The summed E-state index contributed by atoms with van der Waals surface area (Å²) in [6.07, 6.45) is 3.44. The monoisotopic (exact) mass is 278 g/mol. The highest BCUT2D eigenvalue weighted by molar-refractivity contribution is 5.91. The summed E-state index contributed by atoms with van der Waals surface area (Å²) in [7, 11) is 1.67. The Morgan fingerprint density at radius 1 is 1.45 bits per heavy atom. The van der Waals surface area contributed by atoms with Crippen molar-refractivity contribution in [3.8, 4) is 5.75 Å². The van der Waals surface area contributed by atoms with Crippen molar-refractivity contribution in [1.29, 1.82) is 0 Å². The van der Waals surface area contributed by atoms with E-state index >= 15 is 0 Å². The molecular formula is C15H22N2O3. The van der Waals surface area contributed by atoms with Gasteiger partial charge in [0.2, 0.25) is 5.91 Å². The fraction of sp³-hybridized carbons (Fsp3) is 0.533. The first-order valence-electron chi connectivity index (χ1n) is 6.95. The molecule has 1 aliphatic carbocycles. The zero-order valence-corrected chi connectivity index (χ0v) is 11.9. The van der Waals surface area contributed by atoms with Gasteiger partial charge in [-0.2, -0.15) is 0 Å². The number of carbonyl (C=O) groups is 1. The van der Waals surface area contributed by atoms with Gasteiger partial charge in [0.1, 0.15) is 12.4 Å². The maximum Gasteiger partial charge on any atom is 0.227 e. The number of anilines is 1. The van der Waals surface area contributed by atoms with Crippen LogP contribution < -0.4 is 15.8 Å². The lowest BCUT2D eigenvalue weighted by atomic mass is 9.77. The molecule has 1 saturated carbocycles. The van der Waals surface area contributed by atoms with Crippen molar-refractivity contribution in [2.24, 2.45) is 5.73 Å². The van der Waals surface area contributed by atoms with E-state index in [1.807, 2.05) is 18.2 Å². The van der Waals surface area contributed by atoms with Crippen LogP contribution in [0.1, 0.15) is 25.7 Å². The molecule has 1 amide bonds. The van der Waals surface area contributed by atoms with Gasteiger partial charge in [-0.1, -0.05) is 6.07 Å². The van der Waals surface area contributed by atoms with E-state index in [4.69, 9.17) is 15.2 Å². The number of benzene rings is 1. The van der Waals surface area contributed by atoms with Crippen LogP contribution in [0.5, 0.6) is 5.75 Å². The second-order valence-corrected chi connectivity index (χ2v) is 5.13. The van der Waals surface area contributed by atoms with Gasteiger partial charge in [-0.15, -0.1) is 0 Å². The second-order valence-electron chi connectivity index (χ2n) is 5.13. The molecule has 20 heavy (non-hydrogen) atoms. The van der Waals surface area contributed by atoms with Gasteiger partial charge >= 0.3 is 0 Å². The van der Waals surface area contributed by atoms with Crippen molar-refractivity contribution in [2.75, 3.05) is 25.6 Å². The van der Waals surface area contributed by atoms with Gasteiger partial charge in [0.05, 0.1) is 12.0 Å². The Morgan fingerprint density at radius 3 is 2.85 bits per heavy atom. The summed E-state index contributed by atoms with van der Waals surface area (Å²) in [5, 5.41) is 2.89. The SMILES string of the molecule is COC1(CC(=O)Nc2cccc(OCCN)c2)CCC1. The lowest BCUT2D eigenvalue weighted by molar-refractivity contribution is -0.129. The van der Waals surface area contributed by atoms with Crippen molar-refractivity contribution in [3.05, 3.63) is 24.3 Å². The number of amides is 1. The summed E-state index contributed by atoms with van der Waals surface area (Å²) in [4.78, 5) is 12.1. The van der Waals surface area contributed by atoms with Gasteiger partial charge in [-0.3, -0.25) is 4.79 Å². The number of carbonyl (C=O) groups excluding carboxylic acids is 1. The molecule has 0 radical (unpaired) electrons. The molecule has 2 rings (SSSR count). The van der Waals surface area contributed by atoms with Crippen LogP contribution in [0.2, 0.25) is 0 Å². The van der Waals surface area contributed by atoms with Crippen LogP contribution in [0, 0.1) is 0 Å². The van der Waals surface area contributed by atoms with E-state index in [1.165, 1.54) is 0 Å². The molecule has 0 aromatic heterocycles. The van der Waals surface area contributed by atoms with Crippen LogP contribution in [-0.2, 0) is 9.53 Å². The Hall–Kier alpha value is -1.59. The fourth-order valence-electron chi connectivity index (χ4n) is 2.36. The second kappa shape index (κ2) is 6.72. The minimum Gasteiger partial charge on any atom is -0.492 e. The van der Waals surface area contributed by atoms with Gasteiger partial charge in [0.15, 0.2) is 0 Å². The molecule has 0 atom stereocenters. The van der Waals surface area contributed by atoms with Gasteiger partial charge in [0.25, 0.3) is 0 Å². The van der Waals surface area contributed by atoms with Gasteiger partial charge < -0.3 is 20.5 Å². The van der Waals surface area contributed by atoms with E-state index < -0.39 is 0 Å². The third-order valence-corrected chi connectivity index (χ3v) is 3.68. The molecule has 110 valence electrons. The average molecular weight is 278 g/mol. The summed E-state index contributed by atoms with van der Waals surface area (Å²) in [5.41, 5.74) is 5.87. The van der Waals surface area contributed by atoms with Gasteiger partial charge in [0, 0.05) is 25.4 Å². The van der Waals surface area contributed by atoms with Crippen molar-refractivity contribution >= 4 is 11.6 Å². The fourth-order valence-corrected chi connectivity index (χ4v) is 2.36. The molecule has 0 saturated heterocycles. The van der Waals surface area contributed by atoms with Crippen LogP contribution in [0.3, 0.4) is 0 Å². The van der Waals surface area contributed by atoms with Crippen molar-refractivity contribution in [3.63, 3.8) is 0 Å². The van der Waals surface area contributed by atoms with Crippen LogP contribution in [0.15, 0.2) is 24.3 Å². The number of hydrogen-bond donors (Lipinski definition) is 2. The molecule has 5 heteroatoms. The summed E-state index contributed by atoms with van der Waals surface area (Å²) in [6, 6.07) is 7.33. The average Bonchev–Trinajstić information content (AvgIpc) is 2.41. The minimum atomic E-state index is -0.252. The standard InChI is InChI=1S/C15H22N2O3/c1-19-15(6-3-7-15)11-14(18)17-12-4-2-5-13(10-12)20-9-8-16/h2,4-5,10H,3,6-9,11,16H2,1H3,(H,17,18). The lowest BCUT2D eigenvalue weighted by Gasteiger charge is -2.39. The molecule has 0 unspecified atom stereocenters. The summed E-state index contributed by atoms with van der Waals surface area (Å²) in [6.45, 7) is 0.928. The van der Waals surface area contributed by atoms with E-state index in [1.54, 1.807) is 13.2 Å². The predicted molar refractivity (Wildman–Crippen MR) is 77.8 cm³/mol. The quantitative estimate of drug-likeness (QED) is 0.799. The molecule has 0 aliphatic heterocycles. The first-order valence-corrected chi connectivity index (χ1v) is 6.95. The van der Waals surface area contributed by atoms with Crippen LogP contribution in [0.4, 0.5) is 5.69 Å². The number of nitrogens with one attached hydrogen (secondary N) is 1. The van der Waals surface area contributed by atoms with E-state index in [0.717, 1.165) is 24.9 Å². The molecule has 0 heterocycles. The third kappa shape index (κ3) is 3.71. The molecule has 1 aromatic rings. The summed E-state index contributed by atoms with van der Waals surface area (Å²) < 4.78 is 10.9. The minimum absolute atomic E-state index is 0.0254. The normalized spacial score (nSPS) is 16.3. The van der Waals surface area contributed by atoms with E-state index in [-0.39, 0.29) is 11.5 Å². The number of ether oxygens (including phenoxy) is 2. The van der Waals surface area contributed by atoms with E-state index in [9.17, 15) is 4.79 Å². The first-order chi connectivity index (χ1) is 9.67. The highest BCUT2D eigenvalue weighted by atomic mass is 16.5. The van der Waals surface area contributed by atoms with Crippen molar-refractivity contribution < 1.29 is 14.3 Å². The predicted octanol–water partition coefficient (Wildman–Crippen LogP) is 1.92. The number of hydrogen-bond acceptors (Lipinski definition) is 4. The van der Waals surface area contributed by atoms with Crippen LogP contribution in [-0.4, -0.2) is 31.8 Å². The first kappa shape index (κ1) is 14.8. The Balaban J connectivity index is 1.90. The van der Waals surface area contributed by atoms with Gasteiger partial charge in [-0.25, -0.2) is 0 Å². The Labute approximate surface area is 119 Å². The Kier molecular flexibility index (Phi) is 4.98.